The predicted molar refractivity (Wildman–Crippen MR) is 112 cm³/mol. The molecule has 0 spiro atoms. The molecular weight excluding hydrogens is 391 g/mol. The Hall–Kier alpha value is -3.25. The number of para-hydroxylation sites is 1. The zero-order chi connectivity index (χ0) is 20.7. The van der Waals surface area contributed by atoms with Crippen LogP contribution in [0.15, 0.2) is 48.7 Å². The number of nitrogens with zero attached hydrogens (tertiary/aromatic N) is 3. The number of carbonyl (C=O) groups excluding carboxylic acids is 1. The second-order valence-corrected chi connectivity index (χ2v) is 7.26. The summed E-state index contributed by atoms with van der Waals surface area (Å²) >= 11 is 6.60. The second-order valence-electron chi connectivity index (χ2n) is 6.88. The van der Waals surface area contributed by atoms with Crippen LogP contribution in [0.3, 0.4) is 0 Å². The van der Waals surface area contributed by atoms with Crippen LogP contribution in [-0.2, 0) is 0 Å². The van der Waals surface area contributed by atoms with Crippen LogP contribution in [0.1, 0.15) is 27.2 Å². The van der Waals surface area contributed by atoms with Crippen molar-refractivity contribution in [3.63, 3.8) is 0 Å². The highest BCUT2D eigenvalue weighted by atomic mass is 35.5. The van der Waals surface area contributed by atoms with Gasteiger partial charge in [0.15, 0.2) is 5.65 Å². The second kappa shape index (κ2) is 7.29. The van der Waals surface area contributed by atoms with Gasteiger partial charge in [-0.15, -0.1) is 0 Å². The summed E-state index contributed by atoms with van der Waals surface area (Å²) in [6, 6.07) is 11.7. The Bertz CT molecular complexity index is 1230. The Morgan fingerprint density at radius 1 is 1.07 bits per heavy atom. The molecule has 0 saturated heterocycles. The fourth-order valence-electron chi connectivity index (χ4n) is 3.32. The third-order valence-electron chi connectivity index (χ3n) is 4.84. The van der Waals surface area contributed by atoms with Gasteiger partial charge in [0.25, 0.3) is 5.91 Å². The standard InChI is InChI=1S/C22H18ClFN4O/c1-12-5-4-6-13(2)20(12)26-22(29)17-11-25-21-18(19(17)23)14(3)27-28(21)16-9-7-15(24)8-10-16/h4-11H,1-3H3,(H,26,29). The first kappa shape index (κ1) is 19.1. The molecule has 0 aliphatic rings. The quantitative estimate of drug-likeness (QED) is 0.494. The maximum atomic E-state index is 13.3. The highest BCUT2D eigenvalue weighted by Crippen LogP contribution is 2.31. The van der Waals surface area contributed by atoms with Gasteiger partial charge in [-0.1, -0.05) is 29.8 Å². The molecule has 1 N–H and O–H groups in total. The number of aromatic nitrogens is 3. The Balaban J connectivity index is 1.78. The van der Waals surface area contributed by atoms with Crippen LogP contribution >= 0.6 is 11.6 Å². The van der Waals surface area contributed by atoms with Crippen LogP contribution in [0.4, 0.5) is 10.1 Å². The van der Waals surface area contributed by atoms with Crippen molar-refractivity contribution in [3.8, 4) is 5.69 Å². The van der Waals surface area contributed by atoms with Crippen molar-refractivity contribution in [2.24, 2.45) is 0 Å². The van der Waals surface area contributed by atoms with Crippen molar-refractivity contribution in [2.45, 2.75) is 20.8 Å². The summed E-state index contributed by atoms with van der Waals surface area (Å²) in [5, 5.41) is 8.28. The van der Waals surface area contributed by atoms with Crippen molar-refractivity contribution in [2.75, 3.05) is 5.32 Å². The molecule has 2 aromatic carbocycles. The average Bonchev–Trinajstić information content (AvgIpc) is 3.03. The Kier molecular flexibility index (Phi) is 4.80. The summed E-state index contributed by atoms with van der Waals surface area (Å²) in [4.78, 5) is 17.3. The molecule has 4 rings (SSSR count). The van der Waals surface area contributed by atoms with Crippen LogP contribution in [0, 0.1) is 26.6 Å². The van der Waals surface area contributed by atoms with E-state index in [9.17, 15) is 9.18 Å². The minimum atomic E-state index is -0.337. The lowest BCUT2D eigenvalue weighted by molar-refractivity contribution is 0.102. The lowest BCUT2D eigenvalue weighted by Gasteiger charge is -2.12. The first-order valence-electron chi connectivity index (χ1n) is 9.04. The highest BCUT2D eigenvalue weighted by Gasteiger charge is 2.20. The number of amides is 1. The van der Waals surface area contributed by atoms with E-state index in [2.05, 4.69) is 15.4 Å². The topological polar surface area (TPSA) is 59.8 Å². The number of carbonyl (C=O) groups is 1. The minimum absolute atomic E-state index is 0.267. The Morgan fingerprint density at radius 3 is 2.38 bits per heavy atom. The molecule has 0 saturated carbocycles. The molecule has 0 unspecified atom stereocenters. The van der Waals surface area contributed by atoms with Gasteiger partial charge < -0.3 is 5.32 Å². The number of fused-ring (bicyclic) bond motifs is 1. The molecule has 0 aliphatic heterocycles. The van der Waals surface area contributed by atoms with Gasteiger partial charge >= 0.3 is 0 Å². The first-order valence-corrected chi connectivity index (χ1v) is 9.42. The number of rotatable bonds is 3. The molecule has 5 nitrogen and oxygen atoms in total. The highest BCUT2D eigenvalue weighted by molar-refractivity contribution is 6.39. The molecule has 0 bridgehead atoms. The van der Waals surface area contributed by atoms with Crippen LogP contribution < -0.4 is 5.32 Å². The summed E-state index contributed by atoms with van der Waals surface area (Å²) in [5.74, 6) is -0.672. The van der Waals surface area contributed by atoms with E-state index in [4.69, 9.17) is 11.6 Å². The smallest absolute Gasteiger partial charge is 0.258 e. The van der Waals surface area contributed by atoms with Crippen molar-refractivity contribution in [3.05, 3.63) is 81.9 Å². The number of pyridine rings is 1. The van der Waals surface area contributed by atoms with E-state index in [1.807, 2.05) is 32.0 Å². The SMILES string of the molecule is Cc1cccc(C)c1NC(=O)c1cnc2c(c(C)nn2-c2ccc(F)cc2)c1Cl. The van der Waals surface area contributed by atoms with Crippen molar-refractivity contribution in [1.82, 2.24) is 14.8 Å². The number of halogens is 2. The van der Waals surface area contributed by atoms with Gasteiger partial charge in [-0.3, -0.25) is 4.79 Å². The van der Waals surface area contributed by atoms with Gasteiger partial charge in [0, 0.05) is 11.9 Å². The fraction of sp³-hybridized carbons (Fsp3) is 0.136. The molecule has 1 amide bonds. The third-order valence-corrected chi connectivity index (χ3v) is 5.24. The number of hydrogen-bond acceptors (Lipinski definition) is 3. The number of nitrogens with one attached hydrogen (secondary N) is 1. The van der Waals surface area contributed by atoms with E-state index >= 15 is 0 Å². The maximum absolute atomic E-state index is 13.3. The van der Waals surface area contributed by atoms with Gasteiger partial charge in [0.05, 0.1) is 27.4 Å². The first-order chi connectivity index (χ1) is 13.9. The van der Waals surface area contributed by atoms with Gasteiger partial charge in [0.1, 0.15) is 5.82 Å². The van der Waals surface area contributed by atoms with Crippen LogP contribution in [0.25, 0.3) is 16.7 Å². The largest absolute Gasteiger partial charge is 0.321 e. The molecule has 146 valence electrons. The van der Waals surface area contributed by atoms with E-state index in [0.717, 1.165) is 16.8 Å². The molecule has 0 fully saturated rings. The lowest BCUT2D eigenvalue weighted by Crippen LogP contribution is -2.15. The molecular formula is C22H18ClFN4O. The summed E-state index contributed by atoms with van der Waals surface area (Å²) in [7, 11) is 0. The van der Waals surface area contributed by atoms with Crippen LogP contribution in [0.5, 0.6) is 0 Å². The van der Waals surface area contributed by atoms with Crippen molar-refractivity contribution >= 4 is 34.2 Å². The molecule has 29 heavy (non-hydrogen) atoms. The molecule has 2 aromatic heterocycles. The van der Waals surface area contributed by atoms with Crippen LogP contribution in [0.2, 0.25) is 5.02 Å². The van der Waals surface area contributed by atoms with Crippen molar-refractivity contribution < 1.29 is 9.18 Å². The molecule has 7 heteroatoms. The Morgan fingerprint density at radius 2 is 1.72 bits per heavy atom. The summed E-state index contributed by atoms with van der Waals surface area (Å²) in [6.07, 6.45) is 1.44. The number of benzene rings is 2. The maximum Gasteiger partial charge on any atom is 0.258 e. The van der Waals surface area contributed by atoms with E-state index in [1.165, 1.54) is 18.3 Å². The van der Waals surface area contributed by atoms with Crippen LogP contribution in [-0.4, -0.2) is 20.7 Å². The molecule has 0 aliphatic carbocycles. The van der Waals surface area contributed by atoms with E-state index < -0.39 is 0 Å². The monoisotopic (exact) mass is 408 g/mol. The van der Waals surface area contributed by atoms with E-state index in [-0.39, 0.29) is 22.3 Å². The fourth-order valence-corrected chi connectivity index (χ4v) is 3.68. The zero-order valence-electron chi connectivity index (χ0n) is 16.1. The third kappa shape index (κ3) is 3.36. The summed E-state index contributed by atoms with van der Waals surface area (Å²) in [5.41, 5.74) is 4.73. The number of aryl methyl sites for hydroxylation is 3. The lowest BCUT2D eigenvalue weighted by atomic mass is 10.1. The van der Waals surface area contributed by atoms with Gasteiger partial charge in [-0.2, -0.15) is 5.10 Å². The Labute approximate surface area is 172 Å². The number of anilines is 1. The molecule has 4 aromatic rings. The van der Waals surface area contributed by atoms with E-state index in [1.54, 1.807) is 23.7 Å². The van der Waals surface area contributed by atoms with Gasteiger partial charge in [-0.25, -0.2) is 14.1 Å². The van der Waals surface area contributed by atoms with E-state index in [0.29, 0.717) is 22.4 Å². The normalized spacial score (nSPS) is 11.1. The summed E-state index contributed by atoms with van der Waals surface area (Å²) in [6.45, 7) is 5.66. The molecule has 0 radical (unpaired) electrons. The zero-order valence-corrected chi connectivity index (χ0v) is 16.9. The average molecular weight is 409 g/mol. The number of hydrogen-bond donors (Lipinski definition) is 1. The minimum Gasteiger partial charge on any atom is -0.321 e. The van der Waals surface area contributed by atoms with Gasteiger partial charge in [-0.05, 0) is 56.2 Å². The predicted octanol–water partition coefficient (Wildman–Crippen LogP) is 5.39. The molecule has 2 heterocycles. The van der Waals surface area contributed by atoms with Gasteiger partial charge in [0.2, 0.25) is 0 Å². The van der Waals surface area contributed by atoms with Crippen molar-refractivity contribution in [1.29, 1.82) is 0 Å². The molecule has 0 atom stereocenters. The summed E-state index contributed by atoms with van der Waals surface area (Å²) < 4.78 is 14.8.